The molecule has 0 aliphatic carbocycles. The Morgan fingerprint density at radius 1 is 0.943 bits per heavy atom. The predicted octanol–water partition coefficient (Wildman–Crippen LogP) is 5.20. The molecule has 1 N–H and O–H groups in total. The molecular formula is C29H38N4O2. The molecule has 0 unspecified atom stereocenters. The zero-order valence-corrected chi connectivity index (χ0v) is 21.2. The molecule has 1 aliphatic heterocycles. The largest absolute Gasteiger partial charge is 0.352 e. The molecule has 1 saturated heterocycles. The van der Waals surface area contributed by atoms with Crippen LogP contribution in [0.4, 0.5) is 0 Å². The van der Waals surface area contributed by atoms with Crippen molar-refractivity contribution in [2.45, 2.75) is 71.8 Å². The number of rotatable bonds is 9. The van der Waals surface area contributed by atoms with Crippen LogP contribution in [0.15, 0.2) is 42.5 Å². The Bertz CT molecular complexity index is 1160. The van der Waals surface area contributed by atoms with E-state index in [0.29, 0.717) is 13.1 Å². The van der Waals surface area contributed by atoms with Gasteiger partial charge in [-0.2, -0.15) is 0 Å². The number of fused-ring (bicyclic) bond motifs is 1. The van der Waals surface area contributed by atoms with Crippen molar-refractivity contribution < 1.29 is 9.59 Å². The van der Waals surface area contributed by atoms with Gasteiger partial charge in [0.1, 0.15) is 12.4 Å². The van der Waals surface area contributed by atoms with Gasteiger partial charge in [0.05, 0.1) is 11.0 Å². The number of carbonyl (C=O) groups excluding carboxylic acids is 2. The Kier molecular flexibility index (Phi) is 8.56. The molecule has 6 nitrogen and oxygen atoms in total. The van der Waals surface area contributed by atoms with Gasteiger partial charge in [-0.05, 0) is 63.3 Å². The molecule has 2 heterocycles. The first-order chi connectivity index (χ1) is 17.0. The van der Waals surface area contributed by atoms with Crippen molar-refractivity contribution in [3.05, 3.63) is 65.0 Å². The molecule has 6 heteroatoms. The van der Waals surface area contributed by atoms with E-state index in [1.807, 2.05) is 55.1 Å². The quantitative estimate of drug-likeness (QED) is 0.434. The first kappa shape index (κ1) is 25.0. The predicted molar refractivity (Wildman–Crippen MR) is 141 cm³/mol. The van der Waals surface area contributed by atoms with Crippen molar-refractivity contribution in [1.29, 1.82) is 0 Å². The number of unbranched alkanes of at least 4 members (excludes halogenated alkanes) is 2. The van der Waals surface area contributed by atoms with Crippen LogP contribution >= 0.6 is 0 Å². The number of aromatic nitrogens is 2. The van der Waals surface area contributed by atoms with Gasteiger partial charge in [-0.3, -0.25) is 9.59 Å². The van der Waals surface area contributed by atoms with Crippen molar-refractivity contribution >= 4 is 22.8 Å². The molecular weight excluding hydrogens is 436 g/mol. The highest BCUT2D eigenvalue weighted by atomic mass is 16.2. The van der Waals surface area contributed by atoms with E-state index in [9.17, 15) is 9.59 Å². The van der Waals surface area contributed by atoms with Crippen LogP contribution in [-0.2, 0) is 17.8 Å². The van der Waals surface area contributed by atoms with Crippen molar-refractivity contribution in [3.8, 4) is 0 Å². The number of amides is 2. The Hall–Kier alpha value is -3.15. The van der Waals surface area contributed by atoms with E-state index in [1.54, 1.807) is 0 Å². The van der Waals surface area contributed by atoms with Crippen LogP contribution in [0.2, 0.25) is 0 Å². The third kappa shape index (κ3) is 6.50. The zero-order chi connectivity index (χ0) is 24.6. The fourth-order valence-corrected chi connectivity index (χ4v) is 5.00. The lowest BCUT2D eigenvalue weighted by atomic mass is 10.1. The van der Waals surface area contributed by atoms with Gasteiger partial charge in [-0.15, -0.1) is 0 Å². The van der Waals surface area contributed by atoms with Crippen LogP contribution in [0, 0.1) is 13.8 Å². The number of hydrogen-bond acceptors (Lipinski definition) is 3. The number of para-hydroxylation sites is 2. The maximum atomic E-state index is 13.1. The van der Waals surface area contributed by atoms with Crippen LogP contribution in [0.1, 0.15) is 72.3 Å². The minimum atomic E-state index is -0.00341. The molecule has 0 saturated carbocycles. The second kappa shape index (κ2) is 12.0. The van der Waals surface area contributed by atoms with Crippen LogP contribution in [0.5, 0.6) is 0 Å². The van der Waals surface area contributed by atoms with Crippen LogP contribution in [0.3, 0.4) is 0 Å². The maximum Gasteiger partial charge on any atom is 0.251 e. The fourth-order valence-electron chi connectivity index (χ4n) is 5.00. The minimum Gasteiger partial charge on any atom is -0.352 e. The average molecular weight is 475 g/mol. The van der Waals surface area contributed by atoms with E-state index < -0.39 is 0 Å². The summed E-state index contributed by atoms with van der Waals surface area (Å²) in [5.41, 5.74) is 4.91. The number of hydrogen-bond donors (Lipinski definition) is 1. The lowest BCUT2D eigenvalue weighted by Crippen LogP contribution is -2.34. The first-order valence-electron chi connectivity index (χ1n) is 13.1. The van der Waals surface area contributed by atoms with Gasteiger partial charge in [-0.1, -0.05) is 49.1 Å². The molecule has 0 spiro atoms. The Morgan fingerprint density at radius 2 is 1.71 bits per heavy atom. The first-order valence-corrected chi connectivity index (χ1v) is 13.1. The highest BCUT2D eigenvalue weighted by Gasteiger charge is 2.19. The monoisotopic (exact) mass is 474 g/mol. The van der Waals surface area contributed by atoms with Gasteiger partial charge in [0.15, 0.2) is 0 Å². The van der Waals surface area contributed by atoms with Gasteiger partial charge in [0.25, 0.3) is 5.91 Å². The van der Waals surface area contributed by atoms with Crippen LogP contribution < -0.4 is 5.32 Å². The summed E-state index contributed by atoms with van der Waals surface area (Å²) < 4.78 is 2.12. The molecule has 4 rings (SSSR count). The normalized spacial score (nSPS) is 14.2. The number of nitrogens with zero attached hydrogens (tertiary/aromatic N) is 3. The Balaban J connectivity index is 1.30. The van der Waals surface area contributed by atoms with Gasteiger partial charge < -0.3 is 14.8 Å². The topological polar surface area (TPSA) is 67.2 Å². The smallest absolute Gasteiger partial charge is 0.251 e. The highest BCUT2D eigenvalue weighted by Crippen LogP contribution is 2.19. The van der Waals surface area contributed by atoms with Gasteiger partial charge in [-0.25, -0.2) is 4.98 Å². The number of carbonyl (C=O) groups is 2. The SMILES string of the molecule is Cc1ccc(C(=O)NCCCCCc2nc3ccccc3n2CC(=O)N2CCCCCC2)c(C)c1. The van der Waals surface area contributed by atoms with Gasteiger partial charge in [0.2, 0.25) is 5.91 Å². The zero-order valence-electron chi connectivity index (χ0n) is 21.2. The number of nitrogens with one attached hydrogen (secondary N) is 1. The van der Waals surface area contributed by atoms with Gasteiger partial charge >= 0.3 is 0 Å². The fraction of sp³-hybridized carbons (Fsp3) is 0.483. The molecule has 1 fully saturated rings. The number of aryl methyl sites for hydroxylation is 3. The molecule has 35 heavy (non-hydrogen) atoms. The van der Waals surface area contributed by atoms with Crippen LogP contribution in [-0.4, -0.2) is 45.9 Å². The molecule has 3 aromatic rings. The standard InChI is InChI=1S/C29H38N4O2/c1-22-15-16-24(23(2)20-22)29(35)30-17-9-5-6-14-27-31-25-12-7-8-13-26(25)33(27)21-28(34)32-18-10-3-4-11-19-32/h7-8,12-13,15-16,20H,3-6,9-11,14,17-19,21H2,1-2H3,(H,30,35). The van der Waals surface area contributed by atoms with E-state index in [-0.39, 0.29) is 11.8 Å². The summed E-state index contributed by atoms with van der Waals surface area (Å²) in [5, 5.41) is 3.05. The van der Waals surface area contributed by atoms with E-state index >= 15 is 0 Å². The van der Waals surface area contributed by atoms with E-state index in [4.69, 9.17) is 4.98 Å². The summed E-state index contributed by atoms with van der Waals surface area (Å²) >= 11 is 0. The highest BCUT2D eigenvalue weighted by molar-refractivity contribution is 5.95. The molecule has 2 amide bonds. The molecule has 0 atom stereocenters. The minimum absolute atomic E-state index is 0.00341. The second-order valence-corrected chi connectivity index (χ2v) is 9.78. The summed E-state index contributed by atoms with van der Waals surface area (Å²) in [6, 6.07) is 14.0. The number of benzene rings is 2. The van der Waals surface area contributed by atoms with Crippen LogP contribution in [0.25, 0.3) is 11.0 Å². The summed E-state index contributed by atoms with van der Waals surface area (Å²) in [6.07, 6.45) is 8.35. The third-order valence-electron chi connectivity index (χ3n) is 6.98. The molecule has 1 aromatic heterocycles. The summed E-state index contributed by atoms with van der Waals surface area (Å²) in [7, 11) is 0. The number of imidazole rings is 1. The maximum absolute atomic E-state index is 13.1. The van der Waals surface area contributed by atoms with Crippen molar-refractivity contribution in [1.82, 2.24) is 19.8 Å². The summed E-state index contributed by atoms with van der Waals surface area (Å²) in [5.74, 6) is 1.18. The molecule has 2 aromatic carbocycles. The Labute approximate surface area is 208 Å². The molecule has 0 radical (unpaired) electrons. The van der Waals surface area contributed by atoms with E-state index in [2.05, 4.69) is 16.0 Å². The third-order valence-corrected chi connectivity index (χ3v) is 6.98. The molecule has 186 valence electrons. The summed E-state index contributed by atoms with van der Waals surface area (Å²) in [4.78, 5) is 32.4. The second-order valence-electron chi connectivity index (χ2n) is 9.78. The number of likely N-dealkylation sites (tertiary alicyclic amines) is 1. The molecule has 0 bridgehead atoms. The van der Waals surface area contributed by atoms with Gasteiger partial charge in [0, 0.05) is 31.6 Å². The van der Waals surface area contributed by atoms with E-state index in [0.717, 1.165) is 85.2 Å². The van der Waals surface area contributed by atoms with Crippen molar-refractivity contribution in [3.63, 3.8) is 0 Å². The average Bonchev–Trinajstić information content (AvgIpc) is 3.00. The Morgan fingerprint density at radius 3 is 2.49 bits per heavy atom. The lowest BCUT2D eigenvalue weighted by molar-refractivity contribution is -0.131. The lowest BCUT2D eigenvalue weighted by Gasteiger charge is -2.21. The summed E-state index contributed by atoms with van der Waals surface area (Å²) in [6.45, 7) is 6.78. The van der Waals surface area contributed by atoms with Crippen molar-refractivity contribution in [2.75, 3.05) is 19.6 Å². The van der Waals surface area contributed by atoms with E-state index in [1.165, 1.54) is 12.8 Å². The van der Waals surface area contributed by atoms with Crippen molar-refractivity contribution in [2.24, 2.45) is 0 Å². The molecule has 1 aliphatic rings.